The summed E-state index contributed by atoms with van der Waals surface area (Å²) in [6, 6.07) is 7.54. The fourth-order valence-electron chi connectivity index (χ4n) is 2.67. The highest BCUT2D eigenvalue weighted by atomic mass is 16.5. The molecule has 3 rings (SSSR count). The molecule has 3 N–H and O–H groups in total. The van der Waals surface area contributed by atoms with Crippen LogP contribution in [-0.4, -0.2) is 53.5 Å². The van der Waals surface area contributed by atoms with Gasteiger partial charge < -0.3 is 20.3 Å². The van der Waals surface area contributed by atoms with Gasteiger partial charge in [-0.25, -0.2) is 9.67 Å². The zero-order valence-corrected chi connectivity index (χ0v) is 17.2. The fourth-order valence-corrected chi connectivity index (χ4v) is 2.67. The molecule has 0 spiro atoms. The highest BCUT2D eigenvalue weighted by Crippen LogP contribution is 2.26. The number of nitrogens with one attached hydrogen (secondary N) is 1. The Kier molecular flexibility index (Phi) is 5.54. The van der Waals surface area contributed by atoms with Gasteiger partial charge in [0.15, 0.2) is 0 Å². The second-order valence-corrected chi connectivity index (χ2v) is 7.77. The maximum absolute atomic E-state index is 10.5. The number of ether oxygens (including phenoxy) is 1. The summed E-state index contributed by atoms with van der Waals surface area (Å²) in [5.74, 6) is 0.892. The van der Waals surface area contributed by atoms with Crippen LogP contribution in [0.25, 0.3) is 11.3 Å². The Labute approximate surface area is 169 Å². The number of hydrogen-bond acceptors (Lipinski definition) is 8. The first kappa shape index (κ1) is 20.7. The van der Waals surface area contributed by atoms with Crippen LogP contribution in [0.5, 0.6) is 5.88 Å². The molecule has 1 aromatic carbocycles. The molecule has 0 aliphatic heterocycles. The lowest BCUT2D eigenvalue weighted by molar-refractivity contribution is -0.129. The first-order valence-corrected chi connectivity index (χ1v) is 9.18. The minimum Gasteiger partial charge on any atom is -0.481 e. The van der Waals surface area contributed by atoms with Crippen molar-refractivity contribution in [2.75, 3.05) is 12.4 Å². The van der Waals surface area contributed by atoms with Crippen molar-refractivity contribution in [1.82, 2.24) is 25.0 Å². The van der Waals surface area contributed by atoms with Crippen LogP contribution in [0.15, 0.2) is 36.7 Å². The van der Waals surface area contributed by atoms with Crippen LogP contribution in [0.4, 0.5) is 11.6 Å². The topological polar surface area (TPSA) is 118 Å². The van der Waals surface area contributed by atoms with E-state index in [0.717, 1.165) is 16.8 Å². The summed E-state index contributed by atoms with van der Waals surface area (Å²) in [6.07, 6.45) is 3.35. The molecule has 0 radical (unpaired) electrons. The minimum atomic E-state index is -1.36. The minimum absolute atomic E-state index is 0.109. The van der Waals surface area contributed by atoms with Gasteiger partial charge in [-0.15, -0.1) is 5.10 Å². The lowest BCUT2D eigenvalue weighted by Gasteiger charge is -2.35. The van der Waals surface area contributed by atoms with Crippen LogP contribution in [0, 0.1) is 6.92 Å². The SMILES string of the molecule is COc1ccnc(Nc2cc(C)cc(-c3cn(C[C@](C)(O)C(C)(C)O)nn3)c2)n1. The van der Waals surface area contributed by atoms with E-state index in [9.17, 15) is 10.2 Å². The molecule has 2 aromatic heterocycles. The van der Waals surface area contributed by atoms with Gasteiger partial charge in [0.2, 0.25) is 11.8 Å². The lowest BCUT2D eigenvalue weighted by atomic mass is 9.88. The summed E-state index contributed by atoms with van der Waals surface area (Å²) in [5, 5.41) is 32.1. The van der Waals surface area contributed by atoms with Gasteiger partial charge in [0, 0.05) is 23.5 Å². The summed E-state index contributed by atoms with van der Waals surface area (Å²) in [4.78, 5) is 8.45. The van der Waals surface area contributed by atoms with Crippen LogP contribution >= 0.6 is 0 Å². The third-order valence-electron chi connectivity index (χ3n) is 4.79. The average molecular weight is 398 g/mol. The molecular weight excluding hydrogens is 372 g/mol. The molecule has 2 heterocycles. The molecule has 3 aromatic rings. The molecule has 29 heavy (non-hydrogen) atoms. The van der Waals surface area contributed by atoms with Crippen LogP contribution in [0.2, 0.25) is 0 Å². The van der Waals surface area contributed by atoms with Crippen molar-refractivity contribution in [3.63, 3.8) is 0 Å². The highest BCUT2D eigenvalue weighted by molar-refractivity contribution is 5.68. The van der Waals surface area contributed by atoms with Gasteiger partial charge in [-0.3, -0.25) is 0 Å². The van der Waals surface area contributed by atoms with E-state index in [1.54, 1.807) is 46.3 Å². The number of aryl methyl sites for hydroxylation is 1. The average Bonchev–Trinajstić information content (AvgIpc) is 3.08. The number of aromatic nitrogens is 5. The van der Waals surface area contributed by atoms with E-state index in [0.29, 0.717) is 17.5 Å². The summed E-state index contributed by atoms with van der Waals surface area (Å²) in [5.41, 5.74) is 0.675. The van der Waals surface area contributed by atoms with E-state index in [4.69, 9.17) is 4.74 Å². The molecule has 0 amide bonds. The second kappa shape index (κ2) is 7.76. The molecule has 1 atom stereocenters. The molecule has 9 heteroatoms. The molecule has 0 saturated heterocycles. The van der Waals surface area contributed by atoms with Crippen LogP contribution < -0.4 is 10.1 Å². The number of rotatable bonds is 7. The molecule has 9 nitrogen and oxygen atoms in total. The fraction of sp³-hybridized carbons (Fsp3) is 0.400. The van der Waals surface area contributed by atoms with Crippen molar-refractivity contribution in [3.8, 4) is 17.1 Å². The van der Waals surface area contributed by atoms with Gasteiger partial charge in [-0.05, 0) is 51.5 Å². The number of nitrogens with zero attached hydrogens (tertiary/aromatic N) is 5. The largest absolute Gasteiger partial charge is 0.481 e. The number of benzene rings is 1. The van der Waals surface area contributed by atoms with Crippen molar-refractivity contribution >= 4 is 11.6 Å². The summed E-state index contributed by atoms with van der Waals surface area (Å²) < 4.78 is 6.65. The lowest BCUT2D eigenvalue weighted by Crippen LogP contribution is -2.50. The number of anilines is 2. The van der Waals surface area contributed by atoms with Gasteiger partial charge in [-0.2, -0.15) is 4.98 Å². The normalized spacial score (nSPS) is 13.8. The van der Waals surface area contributed by atoms with Gasteiger partial charge in [0.25, 0.3) is 0 Å². The van der Waals surface area contributed by atoms with Gasteiger partial charge >= 0.3 is 0 Å². The first-order valence-electron chi connectivity index (χ1n) is 9.18. The van der Waals surface area contributed by atoms with Gasteiger partial charge in [0.05, 0.1) is 25.5 Å². The molecule has 0 fully saturated rings. The molecule has 154 valence electrons. The third-order valence-corrected chi connectivity index (χ3v) is 4.79. The van der Waals surface area contributed by atoms with Crippen LogP contribution in [-0.2, 0) is 6.54 Å². The standard InChI is InChI=1S/C20H26N6O3/c1-13-8-14(10-15(9-13)22-18-21-7-6-17(23-18)29-5)16-11-26(25-24-16)12-20(4,28)19(2,3)27/h6-11,27-28H,12H2,1-5H3,(H,21,22,23)/t20-/m0/s1. The maximum atomic E-state index is 10.5. The van der Waals surface area contributed by atoms with Crippen molar-refractivity contribution in [1.29, 1.82) is 0 Å². The van der Waals surface area contributed by atoms with Crippen molar-refractivity contribution in [2.45, 2.75) is 45.4 Å². The highest BCUT2D eigenvalue weighted by Gasteiger charge is 2.38. The Balaban J connectivity index is 1.84. The predicted molar refractivity (Wildman–Crippen MR) is 109 cm³/mol. The molecular formula is C20H26N6O3. The Morgan fingerprint density at radius 2 is 1.93 bits per heavy atom. The number of hydrogen-bond donors (Lipinski definition) is 3. The van der Waals surface area contributed by atoms with Crippen molar-refractivity contribution < 1.29 is 14.9 Å². The van der Waals surface area contributed by atoms with E-state index in [2.05, 4.69) is 25.6 Å². The summed E-state index contributed by atoms with van der Waals surface area (Å²) in [7, 11) is 1.55. The molecule has 0 bridgehead atoms. The predicted octanol–water partition coefficient (Wildman–Crippen LogP) is 2.32. The van der Waals surface area contributed by atoms with Gasteiger partial charge in [0.1, 0.15) is 11.3 Å². The van der Waals surface area contributed by atoms with E-state index in [1.165, 1.54) is 4.68 Å². The molecule has 0 saturated carbocycles. The Bertz CT molecular complexity index is 994. The Morgan fingerprint density at radius 3 is 2.62 bits per heavy atom. The van der Waals surface area contributed by atoms with Crippen LogP contribution in [0.3, 0.4) is 0 Å². The van der Waals surface area contributed by atoms with Crippen LogP contribution in [0.1, 0.15) is 26.3 Å². The maximum Gasteiger partial charge on any atom is 0.230 e. The van der Waals surface area contributed by atoms with Crippen molar-refractivity contribution in [2.24, 2.45) is 0 Å². The Morgan fingerprint density at radius 1 is 1.17 bits per heavy atom. The van der Waals surface area contributed by atoms with Crippen molar-refractivity contribution in [3.05, 3.63) is 42.2 Å². The molecule has 0 aliphatic rings. The van der Waals surface area contributed by atoms with Gasteiger partial charge in [-0.1, -0.05) is 5.21 Å². The van der Waals surface area contributed by atoms with E-state index < -0.39 is 11.2 Å². The monoisotopic (exact) mass is 398 g/mol. The number of methoxy groups -OCH3 is 1. The molecule has 0 aliphatic carbocycles. The number of aliphatic hydroxyl groups is 2. The summed E-state index contributed by atoms with van der Waals surface area (Å²) in [6.45, 7) is 6.77. The first-order chi connectivity index (χ1) is 13.6. The van der Waals surface area contributed by atoms with E-state index in [1.807, 2.05) is 25.1 Å². The third kappa shape index (κ3) is 4.87. The quantitative estimate of drug-likeness (QED) is 0.555. The molecule has 0 unspecified atom stereocenters. The summed E-state index contributed by atoms with van der Waals surface area (Å²) >= 11 is 0. The Hall–Kier alpha value is -3.04. The zero-order valence-electron chi connectivity index (χ0n) is 17.2. The second-order valence-electron chi connectivity index (χ2n) is 7.77. The smallest absolute Gasteiger partial charge is 0.230 e. The van der Waals surface area contributed by atoms with E-state index in [-0.39, 0.29) is 6.54 Å². The van der Waals surface area contributed by atoms with E-state index >= 15 is 0 Å². The zero-order chi connectivity index (χ0) is 21.2.